The smallest absolute Gasteiger partial charge is 0.407 e. The number of benzene rings is 1. The lowest BCUT2D eigenvalue weighted by atomic mass is 9.82. The van der Waals surface area contributed by atoms with E-state index in [2.05, 4.69) is 20.4 Å². The highest BCUT2D eigenvalue weighted by atomic mass is 19.3. The lowest BCUT2D eigenvalue weighted by Crippen LogP contribution is -2.55. The van der Waals surface area contributed by atoms with Crippen LogP contribution in [0.1, 0.15) is 53.5 Å². The summed E-state index contributed by atoms with van der Waals surface area (Å²) in [6.07, 6.45) is 0.450. The van der Waals surface area contributed by atoms with E-state index in [1.807, 2.05) is 30.3 Å². The summed E-state index contributed by atoms with van der Waals surface area (Å²) in [6, 6.07) is 5.39. The number of hydrogen-bond acceptors (Lipinski definition) is 7. The van der Waals surface area contributed by atoms with Crippen molar-refractivity contribution in [2.24, 2.45) is 10.9 Å². The fraction of sp³-hybridized carbons (Fsp3) is 0.593. The molecule has 2 atom stereocenters. The van der Waals surface area contributed by atoms with Crippen LogP contribution in [-0.4, -0.2) is 84.7 Å². The van der Waals surface area contributed by atoms with Crippen molar-refractivity contribution in [3.8, 4) is 0 Å². The van der Waals surface area contributed by atoms with Gasteiger partial charge in [0.1, 0.15) is 11.9 Å². The first-order valence-electron chi connectivity index (χ1n) is 12.9. The molecule has 0 aromatic heterocycles. The SMILES string of the molecule is COC(=O)N[C@H](C(=O)N1CC(F)(F)C[C@H]1C1=NCC=C(c2ccc([B]OC(C)(C)C(C)(C)O)cc2)N1)C(C)C. The Bertz CT molecular complexity index is 1120. The topological polar surface area (TPSA) is 112 Å². The van der Waals surface area contributed by atoms with Crippen molar-refractivity contribution >= 4 is 36.5 Å². The van der Waals surface area contributed by atoms with Crippen LogP contribution in [-0.2, 0) is 14.2 Å². The van der Waals surface area contributed by atoms with Gasteiger partial charge in [-0.15, -0.1) is 0 Å². The number of amides is 2. The summed E-state index contributed by atoms with van der Waals surface area (Å²) in [5, 5.41) is 15.9. The molecule has 12 heteroatoms. The van der Waals surface area contributed by atoms with Gasteiger partial charge in [-0.2, -0.15) is 0 Å². The Morgan fingerprint density at radius 3 is 2.44 bits per heavy atom. The molecule has 213 valence electrons. The Balaban J connectivity index is 1.73. The van der Waals surface area contributed by atoms with Crippen LogP contribution >= 0.6 is 0 Å². The van der Waals surface area contributed by atoms with E-state index in [4.69, 9.17) is 4.65 Å². The third kappa shape index (κ3) is 7.36. The normalized spacial score (nSPS) is 20.1. The Morgan fingerprint density at radius 2 is 1.87 bits per heavy atom. The number of carbonyl (C=O) groups is 2. The molecular weight excluding hydrogens is 509 g/mol. The minimum atomic E-state index is -3.10. The summed E-state index contributed by atoms with van der Waals surface area (Å²) in [4.78, 5) is 30.6. The highest BCUT2D eigenvalue weighted by Crippen LogP contribution is 2.34. The molecule has 0 saturated carbocycles. The number of likely N-dealkylation sites (tertiary alicyclic amines) is 1. The first kappa shape index (κ1) is 30.6. The molecule has 1 saturated heterocycles. The first-order valence-corrected chi connectivity index (χ1v) is 12.9. The molecule has 1 fully saturated rings. The number of methoxy groups -OCH3 is 1. The number of halogens is 2. The number of hydrogen-bond donors (Lipinski definition) is 3. The molecule has 0 unspecified atom stereocenters. The fourth-order valence-electron chi connectivity index (χ4n) is 4.11. The summed E-state index contributed by atoms with van der Waals surface area (Å²) in [5.41, 5.74) is 0.410. The van der Waals surface area contributed by atoms with Gasteiger partial charge in [0.2, 0.25) is 5.91 Å². The van der Waals surface area contributed by atoms with Crippen molar-refractivity contribution in [3.05, 3.63) is 35.9 Å². The van der Waals surface area contributed by atoms with Gasteiger partial charge in [-0.05, 0) is 45.3 Å². The molecule has 1 aromatic carbocycles. The zero-order valence-electron chi connectivity index (χ0n) is 23.5. The van der Waals surface area contributed by atoms with Gasteiger partial charge in [-0.1, -0.05) is 43.6 Å². The minimum absolute atomic E-state index is 0.256. The molecule has 0 spiro atoms. The van der Waals surface area contributed by atoms with Crippen LogP contribution in [0.3, 0.4) is 0 Å². The zero-order chi connectivity index (χ0) is 29.2. The number of amidine groups is 1. The van der Waals surface area contributed by atoms with E-state index in [-0.39, 0.29) is 18.3 Å². The number of aliphatic hydroxyl groups is 1. The third-order valence-corrected chi connectivity index (χ3v) is 7.26. The molecule has 1 radical (unpaired) electrons. The number of ether oxygens (including phenoxy) is 1. The highest BCUT2D eigenvalue weighted by Gasteiger charge is 2.51. The Labute approximate surface area is 229 Å². The second kappa shape index (κ2) is 11.6. The summed E-state index contributed by atoms with van der Waals surface area (Å²) < 4.78 is 39.6. The van der Waals surface area contributed by atoms with E-state index in [1.165, 1.54) is 7.11 Å². The minimum Gasteiger partial charge on any atom is -0.453 e. The number of nitrogens with one attached hydrogen (secondary N) is 2. The van der Waals surface area contributed by atoms with Gasteiger partial charge in [0.25, 0.3) is 5.92 Å². The molecule has 1 aromatic rings. The monoisotopic (exact) mass is 547 g/mol. The summed E-state index contributed by atoms with van der Waals surface area (Å²) >= 11 is 0. The number of alkyl carbamates (subject to hydrolysis) is 1. The van der Waals surface area contributed by atoms with E-state index in [9.17, 15) is 23.5 Å². The molecule has 0 bridgehead atoms. The van der Waals surface area contributed by atoms with E-state index in [0.717, 1.165) is 15.9 Å². The van der Waals surface area contributed by atoms with Crippen LogP contribution in [0, 0.1) is 5.92 Å². The molecule has 3 N–H and O–H groups in total. The molecule has 2 amide bonds. The Morgan fingerprint density at radius 1 is 1.23 bits per heavy atom. The molecule has 2 aliphatic heterocycles. The quantitative estimate of drug-likeness (QED) is 0.410. The standard InChI is InChI=1S/C27H38BF2N4O5/c1-16(2)21(33-24(36)38-7)23(35)34-15-27(29,30)14-20(34)22-31-13-12-19(32-22)17-8-10-18(11-9-17)28-39-26(5,6)25(3,4)37/h8-12,16,20-21,37H,13-15H2,1-7H3,(H,31,32)(H,33,36)/t20-,21-/m0/s1. The molecule has 0 aliphatic carbocycles. The molecular formula is C27H38BF2N4O5. The lowest BCUT2D eigenvalue weighted by molar-refractivity contribution is -0.135. The van der Waals surface area contributed by atoms with Gasteiger partial charge >= 0.3 is 13.6 Å². The third-order valence-electron chi connectivity index (χ3n) is 7.26. The van der Waals surface area contributed by atoms with Gasteiger partial charge < -0.3 is 30.0 Å². The number of alkyl halides is 2. The van der Waals surface area contributed by atoms with Crippen LogP contribution in [0.5, 0.6) is 0 Å². The van der Waals surface area contributed by atoms with Crippen LogP contribution in [0.15, 0.2) is 35.3 Å². The average Bonchev–Trinajstić information content (AvgIpc) is 3.20. The molecule has 2 heterocycles. The second-order valence-electron chi connectivity index (χ2n) is 11.3. The lowest BCUT2D eigenvalue weighted by Gasteiger charge is -2.37. The van der Waals surface area contributed by atoms with Crippen LogP contribution in [0.4, 0.5) is 13.6 Å². The largest absolute Gasteiger partial charge is 0.453 e. The molecule has 3 rings (SSSR count). The van der Waals surface area contributed by atoms with E-state index in [0.29, 0.717) is 5.70 Å². The van der Waals surface area contributed by atoms with Crippen LogP contribution in [0.2, 0.25) is 0 Å². The zero-order valence-corrected chi connectivity index (χ0v) is 23.5. The maximum Gasteiger partial charge on any atom is 0.407 e. The number of rotatable bonds is 9. The van der Waals surface area contributed by atoms with Crippen molar-refractivity contribution < 1.29 is 32.9 Å². The number of aliphatic imine (C=N–C) groups is 1. The van der Waals surface area contributed by atoms with E-state index < -0.39 is 54.2 Å². The van der Waals surface area contributed by atoms with Crippen LogP contribution in [0.25, 0.3) is 5.70 Å². The first-order chi connectivity index (χ1) is 18.0. The van der Waals surface area contributed by atoms with Crippen molar-refractivity contribution in [3.63, 3.8) is 0 Å². The van der Waals surface area contributed by atoms with E-state index >= 15 is 0 Å². The van der Waals surface area contributed by atoms with Crippen molar-refractivity contribution in [1.82, 2.24) is 15.5 Å². The number of nitrogens with zero attached hydrogens (tertiary/aromatic N) is 2. The molecule has 2 aliphatic rings. The summed E-state index contributed by atoms with van der Waals surface area (Å²) in [5.74, 6) is -3.81. The van der Waals surface area contributed by atoms with E-state index in [1.54, 1.807) is 49.0 Å². The van der Waals surface area contributed by atoms with Crippen molar-refractivity contribution in [2.45, 2.75) is 77.2 Å². The molecule has 39 heavy (non-hydrogen) atoms. The fourth-order valence-corrected chi connectivity index (χ4v) is 4.11. The van der Waals surface area contributed by atoms with Gasteiger partial charge in [-0.3, -0.25) is 9.79 Å². The van der Waals surface area contributed by atoms with Gasteiger partial charge in [0.05, 0.1) is 37.4 Å². The van der Waals surface area contributed by atoms with Gasteiger partial charge in [0, 0.05) is 12.1 Å². The van der Waals surface area contributed by atoms with Crippen molar-refractivity contribution in [1.29, 1.82) is 0 Å². The Kier molecular flexibility index (Phi) is 9.11. The van der Waals surface area contributed by atoms with Gasteiger partial charge in [0.15, 0.2) is 0 Å². The maximum absolute atomic E-state index is 14.6. The maximum atomic E-state index is 14.6. The van der Waals surface area contributed by atoms with Gasteiger partial charge in [-0.25, -0.2) is 13.6 Å². The highest BCUT2D eigenvalue weighted by molar-refractivity contribution is 6.47. The second-order valence-corrected chi connectivity index (χ2v) is 11.3. The Hall–Kier alpha value is -2.99. The van der Waals surface area contributed by atoms with Crippen molar-refractivity contribution in [2.75, 3.05) is 20.2 Å². The average molecular weight is 547 g/mol. The predicted octanol–water partition coefficient (Wildman–Crippen LogP) is 2.46. The van der Waals surface area contributed by atoms with Crippen LogP contribution < -0.4 is 16.1 Å². The predicted molar refractivity (Wildman–Crippen MR) is 146 cm³/mol. The molecule has 9 nitrogen and oxygen atoms in total. The summed E-state index contributed by atoms with van der Waals surface area (Å²) in [6.45, 7) is 9.87. The number of carbonyl (C=O) groups excluding carboxylic acids is 2. The summed E-state index contributed by atoms with van der Waals surface area (Å²) in [7, 11) is 2.75.